The van der Waals surface area contributed by atoms with Gasteiger partial charge in [-0.1, -0.05) is 26.0 Å². The smallest absolute Gasteiger partial charge is 0.344 e. The maximum Gasteiger partial charge on any atom is 0.344 e. The molecule has 1 aliphatic heterocycles. The first-order valence-corrected chi connectivity index (χ1v) is 10.5. The van der Waals surface area contributed by atoms with E-state index in [1.807, 2.05) is 61.6 Å². The molecule has 1 heterocycles. The topological polar surface area (TPSA) is 64.6 Å². The lowest BCUT2D eigenvalue weighted by Gasteiger charge is -2.15. The average Bonchev–Trinajstić information content (AvgIpc) is 3.12. The Bertz CT molecular complexity index is 571. The van der Waals surface area contributed by atoms with Crippen LogP contribution in [0.3, 0.4) is 0 Å². The number of hydrogen-bond acceptors (Lipinski definition) is 6. The van der Waals surface area contributed by atoms with Crippen LogP contribution in [0.2, 0.25) is 0 Å². The minimum atomic E-state index is -0.825. The van der Waals surface area contributed by atoms with Crippen LogP contribution in [0.1, 0.15) is 30.9 Å². The van der Waals surface area contributed by atoms with Gasteiger partial charge in [-0.15, -0.1) is 23.5 Å². The van der Waals surface area contributed by atoms with Gasteiger partial charge in [0.2, 0.25) is 0 Å². The summed E-state index contributed by atoms with van der Waals surface area (Å²) in [7, 11) is 0. The summed E-state index contributed by atoms with van der Waals surface area (Å²) in [6.45, 7) is 5.90. The molecule has 1 atom stereocenters. The zero-order valence-corrected chi connectivity index (χ0v) is 16.5. The van der Waals surface area contributed by atoms with E-state index in [4.69, 9.17) is 9.47 Å². The largest absolute Gasteiger partial charge is 0.482 e. The molecule has 1 aromatic carbocycles. The maximum absolute atomic E-state index is 11.8. The Morgan fingerprint density at radius 3 is 2.40 bits per heavy atom. The highest BCUT2D eigenvalue weighted by molar-refractivity contribution is 8.19. The van der Waals surface area contributed by atoms with Crippen LogP contribution in [0, 0.1) is 5.92 Å². The summed E-state index contributed by atoms with van der Waals surface area (Å²) in [6.07, 6.45) is -0.825. The van der Waals surface area contributed by atoms with Crippen molar-refractivity contribution in [3.05, 3.63) is 29.8 Å². The van der Waals surface area contributed by atoms with Crippen molar-refractivity contribution >= 4 is 35.4 Å². The minimum Gasteiger partial charge on any atom is -0.482 e. The fourth-order valence-electron chi connectivity index (χ4n) is 2.15. The van der Waals surface area contributed by atoms with Crippen molar-refractivity contribution in [1.29, 1.82) is 0 Å². The number of thioether (sulfide) groups is 2. The van der Waals surface area contributed by atoms with E-state index in [9.17, 15) is 9.59 Å². The first-order valence-electron chi connectivity index (χ1n) is 8.39. The zero-order valence-electron chi connectivity index (χ0n) is 14.8. The summed E-state index contributed by atoms with van der Waals surface area (Å²) in [5.74, 6) is 2.48. The second-order valence-electron chi connectivity index (χ2n) is 6.20. The molecule has 138 valence electrons. The van der Waals surface area contributed by atoms with Gasteiger partial charge in [0, 0.05) is 18.1 Å². The summed E-state index contributed by atoms with van der Waals surface area (Å²) in [6, 6.07) is 7.78. The first-order chi connectivity index (χ1) is 12.0. The van der Waals surface area contributed by atoms with Crippen LogP contribution >= 0.6 is 23.5 Å². The summed E-state index contributed by atoms with van der Waals surface area (Å²) in [5, 5.41) is 2.73. The van der Waals surface area contributed by atoms with E-state index in [-0.39, 0.29) is 12.5 Å². The van der Waals surface area contributed by atoms with Gasteiger partial charge in [-0.3, -0.25) is 4.79 Å². The van der Waals surface area contributed by atoms with Crippen LogP contribution in [-0.4, -0.2) is 42.6 Å². The van der Waals surface area contributed by atoms with Gasteiger partial charge in [0.05, 0.1) is 4.58 Å². The third-order valence-corrected chi connectivity index (χ3v) is 6.60. The number of esters is 1. The van der Waals surface area contributed by atoms with Crippen LogP contribution in [0.4, 0.5) is 0 Å². The normalized spacial score (nSPS) is 15.8. The van der Waals surface area contributed by atoms with Gasteiger partial charge in [-0.2, -0.15) is 0 Å². The van der Waals surface area contributed by atoms with Crippen LogP contribution in [0.25, 0.3) is 0 Å². The Morgan fingerprint density at radius 1 is 1.16 bits per heavy atom. The van der Waals surface area contributed by atoms with Crippen molar-refractivity contribution in [2.75, 3.05) is 24.7 Å². The summed E-state index contributed by atoms with van der Waals surface area (Å²) >= 11 is 3.89. The number of benzene rings is 1. The molecule has 0 spiro atoms. The molecule has 25 heavy (non-hydrogen) atoms. The predicted molar refractivity (Wildman–Crippen MR) is 103 cm³/mol. The lowest BCUT2D eigenvalue weighted by atomic mass is 10.2. The number of carbonyl (C=O) groups excluding carboxylic acids is 2. The highest BCUT2D eigenvalue weighted by Gasteiger charge is 2.19. The lowest BCUT2D eigenvalue weighted by Crippen LogP contribution is -2.38. The van der Waals surface area contributed by atoms with Crippen molar-refractivity contribution in [1.82, 2.24) is 5.32 Å². The highest BCUT2D eigenvalue weighted by Crippen LogP contribution is 2.45. The molecule has 7 heteroatoms. The third kappa shape index (κ3) is 6.82. The molecule has 1 N–H and O–H groups in total. The van der Waals surface area contributed by atoms with Gasteiger partial charge in [0.1, 0.15) is 5.75 Å². The number of hydrogen-bond donors (Lipinski definition) is 1. The summed E-state index contributed by atoms with van der Waals surface area (Å²) in [5.41, 5.74) is 1.26. The molecule has 0 aromatic heterocycles. The van der Waals surface area contributed by atoms with Gasteiger partial charge >= 0.3 is 5.97 Å². The number of carbonyl (C=O) groups is 2. The average molecular weight is 384 g/mol. The SMILES string of the molecule is CC(C)CNC(=O)[C@H](C)OC(=O)COc1ccc(C2SCCS2)cc1. The summed E-state index contributed by atoms with van der Waals surface area (Å²) in [4.78, 5) is 23.6. The number of rotatable bonds is 8. The molecular formula is C18H25NO4S2. The van der Waals surface area contributed by atoms with Crippen molar-refractivity contribution in [3.8, 4) is 5.75 Å². The van der Waals surface area contributed by atoms with Gasteiger partial charge in [0.15, 0.2) is 12.7 Å². The molecule has 0 saturated carbocycles. The molecule has 2 rings (SSSR count). The van der Waals surface area contributed by atoms with Gasteiger partial charge in [-0.05, 0) is 30.5 Å². The molecule has 0 unspecified atom stereocenters. The fraction of sp³-hybridized carbons (Fsp3) is 0.556. The van der Waals surface area contributed by atoms with Crippen LogP contribution in [0.5, 0.6) is 5.75 Å². The summed E-state index contributed by atoms with van der Waals surface area (Å²) < 4.78 is 11.0. The van der Waals surface area contributed by atoms with Crippen molar-refractivity contribution in [3.63, 3.8) is 0 Å². The number of amides is 1. The predicted octanol–water partition coefficient (Wildman–Crippen LogP) is 3.25. The van der Waals surface area contributed by atoms with Crippen molar-refractivity contribution < 1.29 is 19.1 Å². The van der Waals surface area contributed by atoms with Crippen molar-refractivity contribution in [2.45, 2.75) is 31.5 Å². The molecule has 0 bridgehead atoms. The zero-order chi connectivity index (χ0) is 18.2. The molecule has 1 fully saturated rings. The molecule has 0 aliphatic carbocycles. The second-order valence-corrected chi connectivity index (χ2v) is 8.93. The Morgan fingerprint density at radius 2 is 1.80 bits per heavy atom. The number of nitrogens with one attached hydrogen (secondary N) is 1. The van der Waals surface area contributed by atoms with E-state index >= 15 is 0 Å². The second kappa shape index (κ2) is 9.97. The molecule has 1 amide bonds. The molecule has 0 radical (unpaired) electrons. The Kier molecular flexibility index (Phi) is 7.96. The lowest BCUT2D eigenvalue weighted by molar-refractivity contribution is -0.156. The van der Waals surface area contributed by atoms with E-state index in [1.54, 1.807) is 6.92 Å². The van der Waals surface area contributed by atoms with Gasteiger partial charge in [-0.25, -0.2) is 4.79 Å². The van der Waals surface area contributed by atoms with Crippen LogP contribution < -0.4 is 10.1 Å². The highest BCUT2D eigenvalue weighted by atomic mass is 32.2. The van der Waals surface area contributed by atoms with Crippen LogP contribution in [0.15, 0.2) is 24.3 Å². The van der Waals surface area contributed by atoms with Gasteiger partial charge in [0.25, 0.3) is 5.91 Å². The molecule has 1 aliphatic rings. The van der Waals surface area contributed by atoms with E-state index in [1.165, 1.54) is 17.1 Å². The Balaban J connectivity index is 1.72. The quantitative estimate of drug-likeness (QED) is 0.695. The molecule has 5 nitrogen and oxygen atoms in total. The maximum atomic E-state index is 11.8. The van der Waals surface area contributed by atoms with E-state index in [2.05, 4.69) is 5.32 Å². The van der Waals surface area contributed by atoms with E-state index in [0.29, 0.717) is 22.8 Å². The van der Waals surface area contributed by atoms with Crippen LogP contribution in [-0.2, 0) is 14.3 Å². The van der Waals surface area contributed by atoms with E-state index < -0.39 is 12.1 Å². The monoisotopic (exact) mass is 383 g/mol. The number of ether oxygens (including phenoxy) is 2. The third-order valence-electron chi connectivity index (χ3n) is 3.49. The Hall–Kier alpha value is -1.34. The van der Waals surface area contributed by atoms with E-state index in [0.717, 1.165) is 0 Å². The Labute approximate surface area is 157 Å². The molecular weight excluding hydrogens is 358 g/mol. The minimum absolute atomic E-state index is 0.214. The fourth-order valence-corrected chi connectivity index (χ4v) is 5.01. The van der Waals surface area contributed by atoms with Crippen molar-refractivity contribution in [2.24, 2.45) is 5.92 Å². The molecule has 1 aromatic rings. The standard InChI is InChI=1S/C18H25NO4S2/c1-12(2)10-19-17(21)13(3)23-16(20)11-22-15-6-4-14(5-7-15)18-24-8-9-25-18/h4-7,12-13,18H,8-11H2,1-3H3,(H,19,21)/t13-/m0/s1. The molecule has 1 saturated heterocycles. The first kappa shape index (κ1) is 20.0. The van der Waals surface area contributed by atoms with Gasteiger partial charge < -0.3 is 14.8 Å².